The average molecular weight is 274 g/mol. The third-order valence-electron chi connectivity index (χ3n) is 2.43. The summed E-state index contributed by atoms with van der Waals surface area (Å²) in [7, 11) is 0.310. The van der Waals surface area contributed by atoms with Gasteiger partial charge >= 0.3 is 5.69 Å². The summed E-state index contributed by atoms with van der Waals surface area (Å²) in [5.74, 6) is 0.0372. The van der Waals surface area contributed by atoms with Crippen LogP contribution in [0.5, 0.6) is 5.75 Å². The first-order valence-corrected chi connectivity index (χ1v) is 6.41. The van der Waals surface area contributed by atoms with E-state index in [1.54, 1.807) is 6.92 Å². The molecule has 1 rings (SSSR count). The Morgan fingerprint density at radius 3 is 2.28 bits per heavy atom. The number of ether oxygens (including phenoxy) is 1. The molecule has 1 aromatic carbocycles. The van der Waals surface area contributed by atoms with E-state index in [4.69, 9.17) is 4.74 Å². The summed E-state index contributed by atoms with van der Waals surface area (Å²) in [5, 5.41) is 10.9. The van der Waals surface area contributed by atoms with Gasteiger partial charge in [0.2, 0.25) is 10.0 Å². The third kappa shape index (κ3) is 2.44. The molecule has 0 unspecified atom stereocenters. The van der Waals surface area contributed by atoms with Gasteiger partial charge in [-0.25, -0.2) is 12.7 Å². The molecule has 0 aliphatic rings. The van der Waals surface area contributed by atoms with Crippen LogP contribution in [0.1, 0.15) is 5.56 Å². The first kappa shape index (κ1) is 14.4. The Hall–Kier alpha value is -1.67. The van der Waals surface area contributed by atoms with Crippen LogP contribution in [0.25, 0.3) is 0 Å². The molecule has 7 nitrogen and oxygen atoms in total. The maximum Gasteiger partial charge on any atom is 0.312 e. The lowest BCUT2D eigenvalue weighted by molar-refractivity contribution is -0.386. The van der Waals surface area contributed by atoms with E-state index in [2.05, 4.69) is 0 Å². The quantitative estimate of drug-likeness (QED) is 0.607. The number of nitro benzene ring substituents is 1. The lowest BCUT2D eigenvalue weighted by Gasteiger charge is -2.14. The minimum absolute atomic E-state index is 0.0372. The minimum Gasteiger partial charge on any atom is -0.490 e. The van der Waals surface area contributed by atoms with Crippen molar-refractivity contribution in [1.82, 2.24) is 4.31 Å². The lowest BCUT2D eigenvalue weighted by Crippen LogP contribution is -2.23. The Morgan fingerprint density at radius 1 is 1.33 bits per heavy atom. The second kappa shape index (κ2) is 4.91. The summed E-state index contributed by atoms with van der Waals surface area (Å²) in [4.78, 5) is 10.1. The summed E-state index contributed by atoms with van der Waals surface area (Å²) in [6.07, 6.45) is 0. The Bertz CT molecular complexity index is 580. The molecule has 0 spiro atoms. The van der Waals surface area contributed by atoms with Crippen molar-refractivity contribution in [1.29, 1.82) is 0 Å². The first-order valence-electron chi connectivity index (χ1n) is 4.97. The molecule has 0 saturated heterocycles. The van der Waals surface area contributed by atoms with Gasteiger partial charge in [0.05, 0.1) is 16.9 Å². The van der Waals surface area contributed by atoms with Crippen LogP contribution in [0, 0.1) is 17.0 Å². The molecule has 0 aliphatic heterocycles. The van der Waals surface area contributed by atoms with E-state index >= 15 is 0 Å². The van der Waals surface area contributed by atoms with Gasteiger partial charge in [-0.15, -0.1) is 0 Å². The Labute approximate surface area is 105 Å². The van der Waals surface area contributed by atoms with E-state index in [1.165, 1.54) is 27.3 Å². The van der Waals surface area contributed by atoms with Gasteiger partial charge in [0, 0.05) is 20.2 Å². The van der Waals surface area contributed by atoms with E-state index in [-0.39, 0.29) is 16.3 Å². The van der Waals surface area contributed by atoms with Crippen molar-refractivity contribution in [3.05, 3.63) is 27.8 Å². The second-order valence-corrected chi connectivity index (χ2v) is 5.95. The molecule has 0 bridgehead atoms. The van der Waals surface area contributed by atoms with Crippen LogP contribution in [0.4, 0.5) is 5.69 Å². The minimum atomic E-state index is -3.72. The van der Waals surface area contributed by atoms with E-state index in [9.17, 15) is 18.5 Å². The number of benzene rings is 1. The molecule has 0 radical (unpaired) electrons. The number of sulfonamides is 1. The van der Waals surface area contributed by atoms with E-state index in [0.717, 1.165) is 10.4 Å². The van der Waals surface area contributed by atoms with Crippen LogP contribution in [0.3, 0.4) is 0 Å². The largest absolute Gasteiger partial charge is 0.490 e. The number of rotatable bonds is 4. The fraction of sp³-hybridized carbons (Fsp3) is 0.400. The molecule has 0 saturated carbocycles. The van der Waals surface area contributed by atoms with Crippen LogP contribution >= 0.6 is 0 Å². The standard InChI is InChI=1S/C10H14N2O5S/c1-7-5-9(17-4)8(12(13)14)6-10(7)18(15,16)11(2)3/h5-6H,1-4H3. The predicted molar refractivity (Wildman–Crippen MR) is 65.3 cm³/mol. The molecule has 0 atom stereocenters. The zero-order valence-corrected chi connectivity index (χ0v) is 11.3. The third-order valence-corrected chi connectivity index (χ3v) is 4.39. The molecule has 0 heterocycles. The maximum absolute atomic E-state index is 12.0. The smallest absolute Gasteiger partial charge is 0.312 e. The second-order valence-electron chi connectivity index (χ2n) is 3.83. The van der Waals surface area contributed by atoms with Gasteiger partial charge < -0.3 is 4.74 Å². The summed E-state index contributed by atoms with van der Waals surface area (Å²) in [5.41, 5.74) is 0.0228. The van der Waals surface area contributed by atoms with Crippen LogP contribution in [0.15, 0.2) is 17.0 Å². The molecule has 100 valence electrons. The van der Waals surface area contributed by atoms with Crippen molar-refractivity contribution >= 4 is 15.7 Å². The summed E-state index contributed by atoms with van der Waals surface area (Å²) in [6.45, 7) is 1.56. The summed E-state index contributed by atoms with van der Waals surface area (Å²) in [6, 6.07) is 2.36. The number of aryl methyl sites for hydroxylation is 1. The van der Waals surface area contributed by atoms with Crippen molar-refractivity contribution in [2.45, 2.75) is 11.8 Å². The van der Waals surface area contributed by atoms with Gasteiger partial charge in [-0.2, -0.15) is 0 Å². The van der Waals surface area contributed by atoms with Crippen molar-refractivity contribution in [2.24, 2.45) is 0 Å². The average Bonchev–Trinajstić information content (AvgIpc) is 2.27. The van der Waals surface area contributed by atoms with Gasteiger partial charge in [-0.1, -0.05) is 0 Å². The first-order chi connectivity index (χ1) is 8.21. The fourth-order valence-electron chi connectivity index (χ4n) is 1.43. The molecule has 18 heavy (non-hydrogen) atoms. The van der Waals surface area contributed by atoms with E-state index in [0.29, 0.717) is 5.56 Å². The maximum atomic E-state index is 12.0. The normalized spacial score (nSPS) is 11.6. The van der Waals surface area contributed by atoms with Crippen molar-refractivity contribution in [3.63, 3.8) is 0 Å². The van der Waals surface area contributed by atoms with Gasteiger partial charge in [-0.3, -0.25) is 10.1 Å². The number of hydrogen-bond donors (Lipinski definition) is 0. The molecule has 1 aromatic rings. The van der Waals surface area contributed by atoms with E-state index < -0.39 is 14.9 Å². The van der Waals surface area contributed by atoms with Crippen LogP contribution in [-0.2, 0) is 10.0 Å². The highest BCUT2D eigenvalue weighted by molar-refractivity contribution is 7.89. The summed E-state index contributed by atoms with van der Waals surface area (Å²) >= 11 is 0. The van der Waals surface area contributed by atoms with Gasteiger partial charge in [0.25, 0.3) is 0 Å². The summed E-state index contributed by atoms with van der Waals surface area (Å²) < 4.78 is 29.9. The van der Waals surface area contributed by atoms with Crippen molar-refractivity contribution < 1.29 is 18.1 Å². The Balaban J connectivity index is 3.59. The molecule has 0 fully saturated rings. The highest BCUT2D eigenvalue weighted by atomic mass is 32.2. The zero-order valence-electron chi connectivity index (χ0n) is 10.5. The molecule has 0 aromatic heterocycles. The SMILES string of the molecule is COc1cc(C)c(S(=O)(=O)N(C)C)cc1[N+](=O)[O-]. The van der Waals surface area contributed by atoms with E-state index in [1.807, 2.05) is 0 Å². The molecule has 8 heteroatoms. The zero-order chi connectivity index (χ0) is 14.1. The highest BCUT2D eigenvalue weighted by Gasteiger charge is 2.26. The predicted octanol–water partition coefficient (Wildman–Crippen LogP) is 1.16. The molecule has 0 aliphatic carbocycles. The highest BCUT2D eigenvalue weighted by Crippen LogP contribution is 2.32. The fourth-order valence-corrected chi connectivity index (χ4v) is 2.55. The number of methoxy groups -OCH3 is 1. The number of nitrogens with zero attached hydrogens (tertiary/aromatic N) is 2. The van der Waals surface area contributed by atoms with Crippen molar-refractivity contribution in [2.75, 3.05) is 21.2 Å². The Morgan fingerprint density at radius 2 is 1.89 bits per heavy atom. The number of hydrogen-bond acceptors (Lipinski definition) is 5. The topological polar surface area (TPSA) is 89.8 Å². The molecular formula is C10H14N2O5S. The van der Waals surface area contributed by atoms with Gasteiger partial charge in [-0.05, 0) is 18.6 Å². The molecule has 0 N–H and O–H groups in total. The molecular weight excluding hydrogens is 260 g/mol. The molecule has 0 amide bonds. The van der Waals surface area contributed by atoms with Gasteiger partial charge in [0.1, 0.15) is 0 Å². The van der Waals surface area contributed by atoms with Crippen LogP contribution in [-0.4, -0.2) is 38.9 Å². The lowest BCUT2D eigenvalue weighted by atomic mass is 10.2. The number of nitro groups is 1. The van der Waals surface area contributed by atoms with Gasteiger partial charge in [0.15, 0.2) is 5.75 Å². The van der Waals surface area contributed by atoms with Crippen molar-refractivity contribution in [3.8, 4) is 5.75 Å². The monoisotopic (exact) mass is 274 g/mol. The van der Waals surface area contributed by atoms with Crippen LogP contribution in [0.2, 0.25) is 0 Å². The van der Waals surface area contributed by atoms with Crippen LogP contribution < -0.4 is 4.74 Å². The Kier molecular flexibility index (Phi) is 3.92.